The maximum absolute atomic E-state index is 13.8. The average Bonchev–Trinajstić information content (AvgIpc) is 2.89. The highest BCUT2D eigenvalue weighted by molar-refractivity contribution is 7.92. The lowest BCUT2D eigenvalue weighted by atomic mass is 10.1. The van der Waals surface area contributed by atoms with Crippen LogP contribution in [0, 0.1) is 12.7 Å². The van der Waals surface area contributed by atoms with Crippen LogP contribution in [0.4, 0.5) is 10.1 Å². The van der Waals surface area contributed by atoms with Crippen molar-refractivity contribution < 1.29 is 12.8 Å². The molecule has 0 radical (unpaired) electrons. The van der Waals surface area contributed by atoms with E-state index in [1.54, 1.807) is 25.1 Å². The molecular formula is C16H16FNO2S. The third kappa shape index (κ3) is 2.78. The summed E-state index contributed by atoms with van der Waals surface area (Å²) in [5, 5.41) is 0. The summed E-state index contributed by atoms with van der Waals surface area (Å²) in [6, 6.07) is 9.54. The van der Waals surface area contributed by atoms with E-state index in [1.807, 2.05) is 6.07 Å². The van der Waals surface area contributed by atoms with Crippen LogP contribution in [0.25, 0.3) is 0 Å². The zero-order valence-corrected chi connectivity index (χ0v) is 12.5. The van der Waals surface area contributed by atoms with E-state index in [2.05, 4.69) is 4.72 Å². The number of anilines is 1. The Kier molecular flexibility index (Phi) is 3.45. The highest BCUT2D eigenvalue weighted by Gasteiger charge is 2.19. The first kappa shape index (κ1) is 14.1. The smallest absolute Gasteiger partial charge is 0.261 e. The number of hydrogen-bond acceptors (Lipinski definition) is 2. The number of nitrogens with one attached hydrogen (secondary N) is 1. The van der Waals surface area contributed by atoms with Gasteiger partial charge in [0.15, 0.2) is 0 Å². The Hall–Kier alpha value is -1.88. The van der Waals surface area contributed by atoms with Gasteiger partial charge in [-0.05, 0) is 67.1 Å². The fourth-order valence-corrected chi connectivity index (χ4v) is 3.74. The summed E-state index contributed by atoms with van der Waals surface area (Å²) in [5.74, 6) is -0.570. The third-order valence-electron chi connectivity index (χ3n) is 3.75. The van der Waals surface area contributed by atoms with Gasteiger partial charge in [0.2, 0.25) is 0 Å². The fourth-order valence-electron chi connectivity index (χ4n) is 2.62. The van der Waals surface area contributed by atoms with Crippen LogP contribution in [0.5, 0.6) is 0 Å². The molecule has 0 heterocycles. The topological polar surface area (TPSA) is 46.2 Å². The molecule has 1 aliphatic carbocycles. The molecule has 5 heteroatoms. The molecule has 110 valence electrons. The molecule has 1 N–H and O–H groups in total. The molecule has 2 aromatic rings. The quantitative estimate of drug-likeness (QED) is 0.944. The number of sulfonamides is 1. The summed E-state index contributed by atoms with van der Waals surface area (Å²) in [6.07, 6.45) is 2.95. The van der Waals surface area contributed by atoms with Gasteiger partial charge in [-0.15, -0.1) is 0 Å². The van der Waals surface area contributed by atoms with Crippen LogP contribution < -0.4 is 4.72 Å². The molecular weight excluding hydrogens is 289 g/mol. The van der Waals surface area contributed by atoms with Gasteiger partial charge >= 0.3 is 0 Å². The van der Waals surface area contributed by atoms with Crippen molar-refractivity contribution in [2.75, 3.05) is 4.72 Å². The van der Waals surface area contributed by atoms with Crippen molar-refractivity contribution >= 4 is 15.7 Å². The predicted octanol–water partition coefficient (Wildman–Crippen LogP) is 3.42. The van der Waals surface area contributed by atoms with Crippen molar-refractivity contribution in [3.05, 3.63) is 58.9 Å². The Labute approximate surface area is 123 Å². The molecule has 0 bridgehead atoms. The standard InChI is InChI=1S/C16H16FNO2S/c1-11-5-8-16(15(17)9-11)18-21(19,20)14-7-6-12-3-2-4-13(12)10-14/h5-10,18H,2-4H2,1H3. The Morgan fingerprint density at radius 2 is 1.81 bits per heavy atom. The summed E-state index contributed by atoms with van der Waals surface area (Å²) in [4.78, 5) is 0.183. The molecule has 0 amide bonds. The fraction of sp³-hybridized carbons (Fsp3) is 0.250. The van der Waals surface area contributed by atoms with Crippen molar-refractivity contribution in [3.63, 3.8) is 0 Å². The zero-order chi connectivity index (χ0) is 15.0. The first-order chi connectivity index (χ1) is 9.95. The molecule has 0 fully saturated rings. The maximum atomic E-state index is 13.8. The van der Waals surface area contributed by atoms with E-state index >= 15 is 0 Å². The van der Waals surface area contributed by atoms with Crippen LogP contribution in [-0.2, 0) is 22.9 Å². The van der Waals surface area contributed by atoms with Gasteiger partial charge in [-0.1, -0.05) is 12.1 Å². The molecule has 3 nitrogen and oxygen atoms in total. The molecule has 0 atom stereocenters. The molecule has 0 aliphatic heterocycles. The lowest BCUT2D eigenvalue weighted by Gasteiger charge is -2.10. The second-order valence-electron chi connectivity index (χ2n) is 5.37. The van der Waals surface area contributed by atoms with Crippen LogP contribution in [0.1, 0.15) is 23.1 Å². The van der Waals surface area contributed by atoms with Crippen LogP contribution in [0.3, 0.4) is 0 Å². The van der Waals surface area contributed by atoms with Crippen molar-refractivity contribution in [1.82, 2.24) is 0 Å². The Bertz CT molecular complexity index is 800. The van der Waals surface area contributed by atoms with Crippen LogP contribution in [0.15, 0.2) is 41.3 Å². The van der Waals surface area contributed by atoms with Gasteiger partial charge < -0.3 is 0 Å². The molecule has 21 heavy (non-hydrogen) atoms. The van der Waals surface area contributed by atoms with Gasteiger partial charge in [-0.2, -0.15) is 0 Å². The molecule has 3 rings (SSSR count). The minimum absolute atomic E-state index is 0.0268. The van der Waals surface area contributed by atoms with E-state index in [0.29, 0.717) is 0 Å². The number of hydrogen-bond donors (Lipinski definition) is 1. The molecule has 0 spiro atoms. The third-order valence-corrected chi connectivity index (χ3v) is 5.11. The van der Waals surface area contributed by atoms with Gasteiger partial charge in [0, 0.05) is 0 Å². The van der Waals surface area contributed by atoms with Gasteiger partial charge in [0.1, 0.15) is 5.82 Å². The molecule has 0 saturated heterocycles. The van der Waals surface area contributed by atoms with E-state index in [9.17, 15) is 12.8 Å². The van der Waals surface area contributed by atoms with Crippen molar-refractivity contribution in [3.8, 4) is 0 Å². The van der Waals surface area contributed by atoms with E-state index in [0.717, 1.165) is 30.4 Å². The van der Waals surface area contributed by atoms with Crippen molar-refractivity contribution in [2.45, 2.75) is 31.1 Å². The zero-order valence-electron chi connectivity index (χ0n) is 11.7. The first-order valence-corrected chi connectivity index (χ1v) is 8.35. The van der Waals surface area contributed by atoms with Crippen LogP contribution in [-0.4, -0.2) is 8.42 Å². The summed E-state index contributed by atoms with van der Waals surface area (Å²) in [5.41, 5.74) is 2.99. The highest BCUT2D eigenvalue weighted by Crippen LogP contribution is 2.26. The molecule has 1 aliphatic rings. The first-order valence-electron chi connectivity index (χ1n) is 6.86. The van der Waals surface area contributed by atoms with Crippen LogP contribution in [0.2, 0.25) is 0 Å². The number of benzene rings is 2. The molecule has 0 aromatic heterocycles. The molecule has 0 unspecified atom stereocenters. The minimum Gasteiger partial charge on any atom is -0.277 e. The number of aryl methyl sites for hydroxylation is 3. The Morgan fingerprint density at radius 1 is 1.05 bits per heavy atom. The summed E-state index contributed by atoms with van der Waals surface area (Å²) >= 11 is 0. The lowest BCUT2D eigenvalue weighted by molar-refractivity contribution is 0.598. The van der Waals surface area contributed by atoms with E-state index in [-0.39, 0.29) is 10.6 Å². The minimum atomic E-state index is -3.76. The normalized spacial score (nSPS) is 14.0. The second-order valence-corrected chi connectivity index (χ2v) is 7.06. The summed E-state index contributed by atoms with van der Waals surface area (Å²) in [6.45, 7) is 1.75. The number of rotatable bonds is 3. The van der Waals surface area contributed by atoms with E-state index in [1.165, 1.54) is 17.7 Å². The Balaban J connectivity index is 1.93. The van der Waals surface area contributed by atoms with E-state index < -0.39 is 15.8 Å². The SMILES string of the molecule is Cc1ccc(NS(=O)(=O)c2ccc3c(c2)CCC3)c(F)c1. The van der Waals surface area contributed by atoms with Crippen molar-refractivity contribution in [2.24, 2.45) is 0 Å². The average molecular weight is 305 g/mol. The summed E-state index contributed by atoms with van der Waals surface area (Å²) in [7, 11) is -3.76. The Morgan fingerprint density at radius 3 is 2.57 bits per heavy atom. The van der Waals surface area contributed by atoms with Gasteiger partial charge in [0.25, 0.3) is 10.0 Å². The maximum Gasteiger partial charge on any atom is 0.261 e. The summed E-state index contributed by atoms with van der Waals surface area (Å²) < 4.78 is 40.8. The second kappa shape index (κ2) is 5.15. The molecule has 2 aromatic carbocycles. The largest absolute Gasteiger partial charge is 0.277 e. The van der Waals surface area contributed by atoms with Crippen molar-refractivity contribution in [1.29, 1.82) is 0 Å². The molecule has 0 saturated carbocycles. The van der Waals surface area contributed by atoms with Crippen LogP contribution >= 0.6 is 0 Å². The number of halogens is 1. The predicted molar refractivity (Wildman–Crippen MR) is 80.4 cm³/mol. The lowest BCUT2D eigenvalue weighted by Crippen LogP contribution is -2.14. The van der Waals surface area contributed by atoms with Gasteiger partial charge in [-0.25, -0.2) is 12.8 Å². The van der Waals surface area contributed by atoms with Gasteiger partial charge in [-0.3, -0.25) is 4.72 Å². The number of fused-ring (bicyclic) bond motifs is 1. The monoisotopic (exact) mass is 305 g/mol. The van der Waals surface area contributed by atoms with E-state index in [4.69, 9.17) is 0 Å². The van der Waals surface area contributed by atoms with Gasteiger partial charge in [0.05, 0.1) is 10.6 Å². The highest BCUT2D eigenvalue weighted by atomic mass is 32.2.